The molecule has 6 N–H and O–H groups in total. The van der Waals surface area contributed by atoms with Gasteiger partial charge in [0.1, 0.15) is 0 Å². The number of aliphatic hydroxyl groups is 1. The van der Waals surface area contributed by atoms with Gasteiger partial charge in [-0.1, -0.05) is 0 Å². The zero-order chi connectivity index (χ0) is 9.33. The Morgan fingerprint density at radius 2 is 1.73 bits per heavy atom. The average Bonchev–Trinajstić information content (AvgIpc) is 1.86. The van der Waals surface area contributed by atoms with Crippen LogP contribution in [0.2, 0.25) is 0 Å². The fraction of sp³-hybridized carbons (Fsp3) is 1.00. The van der Waals surface area contributed by atoms with Gasteiger partial charge in [0.15, 0.2) is 0 Å². The highest BCUT2D eigenvalue weighted by Gasteiger charge is 2.28. The van der Waals surface area contributed by atoms with E-state index in [9.17, 15) is 0 Å². The normalized spacial score (nSPS) is 10.4. The molecule has 0 atom stereocenters. The molecule has 0 aromatic carbocycles. The van der Waals surface area contributed by atoms with E-state index in [2.05, 4.69) is 4.43 Å². The molecule has 70 valence electrons. The van der Waals surface area contributed by atoms with Crippen molar-refractivity contribution >= 4 is 9.05 Å². The van der Waals surface area contributed by atoms with Crippen molar-refractivity contribution in [3.05, 3.63) is 0 Å². The molecule has 0 bridgehead atoms. The molecule has 0 heterocycles. The van der Waals surface area contributed by atoms with E-state index >= 15 is 0 Å². The minimum absolute atomic E-state index is 0.0972. The van der Waals surface area contributed by atoms with Crippen molar-refractivity contribution in [1.29, 1.82) is 0 Å². The first-order valence-electron chi connectivity index (χ1n) is 3.10. The number of aliphatic hydroxyl groups excluding tert-OH is 1. The van der Waals surface area contributed by atoms with Gasteiger partial charge in [-0.05, 0) is 6.92 Å². The van der Waals surface area contributed by atoms with Crippen molar-refractivity contribution in [2.75, 3.05) is 19.8 Å². The van der Waals surface area contributed by atoms with Crippen molar-refractivity contribution in [3.8, 4) is 0 Å². The van der Waals surface area contributed by atoms with Gasteiger partial charge in [-0.15, -0.1) is 0 Å². The highest BCUT2D eigenvalue weighted by atomic mass is 28.4. The van der Waals surface area contributed by atoms with Gasteiger partial charge in [0.05, 0.1) is 6.61 Å². The lowest BCUT2D eigenvalue weighted by molar-refractivity contribution is 0.0687. The largest absolute Gasteiger partial charge is 0.671 e. The van der Waals surface area contributed by atoms with Crippen LogP contribution in [0.3, 0.4) is 0 Å². The first kappa shape index (κ1) is 13.6. The van der Waals surface area contributed by atoms with Crippen molar-refractivity contribution < 1.29 is 23.9 Å². The molecule has 0 unspecified atom stereocenters. The zero-order valence-corrected chi connectivity index (χ0v) is 7.40. The molecular formula is C4H15NO5Si. The van der Waals surface area contributed by atoms with Crippen molar-refractivity contribution in [2.45, 2.75) is 6.92 Å². The second-order valence-corrected chi connectivity index (χ2v) is 2.96. The highest BCUT2D eigenvalue weighted by molar-refractivity contribution is 6.48. The third-order valence-electron chi connectivity index (χ3n) is 0.467. The minimum atomic E-state index is -4.16. The van der Waals surface area contributed by atoms with Gasteiger partial charge in [-0.3, -0.25) is 0 Å². The van der Waals surface area contributed by atoms with Gasteiger partial charge in [0, 0.05) is 13.2 Å². The predicted octanol–water partition coefficient (Wildman–Crippen LogP) is -2.63. The summed E-state index contributed by atoms with van der Waals surface area (Å²) in [5.74, 6) is 0. The zero-order valence-electron chi connectivity index (χ0n) is 6.40. The topological polar surface area (TPSA) is 116 Å². The molecule has 0 aliphatic heterocycles. The van der Waals surface area contributed by atoms with Crippen LogP contribution in [-0.4, -0.2) is 48.3 Å². The van der Waals surface area contributed by atoms with Crippen molar-refractivity contribution in [3.63, 3.8) is 0 Å². The van der Waals surface area contributed by atoms with E-state index in [4.69, 9.17) is 25.2 Å². The van der Waals surface area contributed by atoms with Gasteiger partial charge in [0.2, 0.25) is 0 Å². The van der Waals surface area contributed by atoms with Gasteiger partial charge >= 0.3 is 9.05 Å². The first-order valence-corrected chi connectivity index (χ1v) is 4.85. The molecular weight excluding hydrogens is 170 g/mol. The number of rotatable bonds is 3. The Bertz CT molecular complexity index is 73.4. The molecule has 0 saturated heterocycles. The Morgan fingerprint density at radius 1 is 1.36 bits per heavy atom. The monoisotopic (exact) mass is 185 g/mol. The van der Waals surface area contributed by atoms with Gasteiger partial charge < -0.3 is 29.7 Å². The van der Waals surface area contributed by atoms with Gasteiger partial charge in [-0.25, -0.2) is 0 Å². The van der Waals surface area contributed by atoms with Crippen LogP contribution in [0, 0.1) is 0 Å². The summed E-state index contributed by atoms with van der Waals surface area (Å²) in [6.45, 7) is 2.15. The maximum Gasteiger partial charge on any atom is 0.671 e. The molecule has 0 aliphatic rings. The summed E-state index contributed by atoms with van der Waals surface area (Å²) >= 11 is 0. The van der Waals surface area contributed by atoms with Crippen molar-refractivity contribution in [1.82, 2.24) is 0 Å². The molecule has 7 heteroatoms. The van der Waals surface area contributed by atoms with E-state index in [1.165, 1.54) is 0 Å². The van der Waals surface area contributed by atoms with Crippen LogP contribution < -0.4 is 5.73 Å². The third kappa shape index (κ3) is 25.6. The van der Waals surface area contributed by atoms with E-state index in [1.807, 2.05) is 0 Å². The summed E-state index contributed by atoms with van der Waals surface area (Å²) in [6.07, 6.45) is 0. The number of hydrogen-bond acceptors (Lipinski definition) is 6. The van der Waals surface area contributed by atoms with Gasteiger partial charge in [0.25, 0.3) is 0 Å². The fourth-order valence-electron chi connectivity index (χ4n) is 0.194. The fourth-order valence-corrected chi connectivity index (χ4v) is 0.581. The molecule has 0 saturated carbocycles. The maximum absolute atomic E-state index is 8.05. The second kappa shape index (κ2) is 8.08. The van der Waals surface area contributed by atoms with E-state index < -0.39 is 9.05 Å². The average molecular weight is 185 g/mol. The molecule has 0 rings (SSSR count). The van der Waals surface area contributed by atoms with Crippen LogP contribution >= 0.6 is 0 Å². The Hall–Kier alpha value is -0.0231. The summed E-state index contributed by atoms with van der Waals surface area (Å²) in [5, 5.41) is 7.75. The van der Waals surface area contributed by atoms with Crippen LogP contribution in [0.5, 0.6) is 0 Å². The van der Waals surface area contributed by atoms with Crippen LogP contribution in [0.25, 0.3) is 0 Å². The third-order valence-corrected chi connectivity index (χ3v) is 1.14. The second-order valence-electron chi connectivity index (χ2n) is 1.52. The number of nitrogens with two attached hydrogens (primary N) is 1. The molecule has 0 amide bonds. The Morgan fingerprint density at radius 3 is 1.73 bits per heavy atom. The number of hydrogen-bond donors (Lipinski definition) is 5. The Balaban J connectivity index is 0. The van der Waals surface area contributed by atoms with Crippen LogP contribution in [-0.2, 0) is 4.43 Å². The smallest absolute Gasteiger partial charge is 0.395 e. The summed E-state index contributed by atoms with van der Waals surface area (Å²) < 4.78 is 4.03. The molecule has 0 radical (unpaired) electrons. The summed E-state index contributed by atoms with van der Waals surface area (Å²) in [5.41, 5.74) is 4.78. The van der Waals surface area contributed by atoms with E-state index in [0.29, 0.717) is 6.54 Å². The highest BCUT2D eigenvalue weighted by Crippen LogP contribution is 1.85. The lowest BCUT2D eigenvalue weighted by Crippen LogP contribution is -2.38. The SMILES string of the molecule is CCO[Si](O)(O)O.NCCO. The van der Waals surface area contributed by atoms with Crippen LogP contribution in [0.1, 0.15) is 6.92 Å². The standard InChI is InChI=1S/C2H7NO.C2H8O4Si/c3-1-2-4;1-2-6-7(3,4)5/h4H,1-3H2;3-5H,2H2,1H3. The van der Waals surface area contributed by atoms with Gasteiger partial charge in [-0.2, -0.15) is 0 Å². The van der Waals surface area contributed by atoms with Crippen LogP contribution in [0.15, 0.2) is 0 Å². The maximum atomic E-state index is 8.05. The molecule has 0 spiro atoms. The lowest BCUT2D eigenvalue weighted by Gasteiger charge is -2.05. The molecule has 0 aromatic heterocycles. The van der Waals surface area contributed by atoms with E-state index in [1.54, 1.807) is 6.92 Å². The quantitative estimate of drug-likeness (QED) is 0.307. The molecule has 0 fully saturated rings. The summed E-state index contributed by atoms with van der Waals surface area (Å²) in [4.78, 5) is 24.1. The van der Waals surface area contributed by atoms with Crippen LogP contribution in [0.4, 0.5) is 0 Å². The molecule has 11 heavy (non-hydrogen) atoms. The summed E-state index contributed by atoms with van der Waals surface area (Å²) in [6, 6.07) is 0. The Labute approximate surface area is 66.3 Å². The van der Waals surface area contributed by atoms with E-state index in [-0.39, 0.29) is 13.2 Å². The summed E-state index contributed by atoms with van der Waals surface area (Å²) in [7, 11) is -4.16. The van der Waals surface area contributed by atoms with E-state index in [0.717, 1.165) is 0 Å². The molecule has 0 aliphatic carbocycles. The Kier molecular flexibility index (Phi) is 9.96. The first-order chi connectivity index (χ1) is 4.97. The predicted molar refractivity (Wildman–Crippen MR) is 40.2 cm³/mol. The molecule has 6 nitrogen and oxygen atoms in total. The minimum Gasteiger partial charge on any atom is -0.395 e. The van der Waals surface area contributed by atoms with Crippen molar-refractivity contribution in [2.24, 2.45) is 5.73 Å². The molecule has 0 aromatic rings. The lowest BCUT2D eigenvalue weighted by atomic mass is 10.8.